The van der Waals surface area contributed by atoms with Crippen molar-refractivity contribution in [1.82, 2.24) is 20.4 Å². The van der Waals surface area contributed by atoms with Crippen LogP contribution in [0.5, 0.6) is 0 Å². The molecule has 1 amide bonds. The lowest BCUT2D eigenvalue weighted by Gasteiger charge is -2.03. The van der Waals surface area contributed by atoms with E-state index < -0.39 is 4.92 Å². The van der Waals surface area contributed by atoms with Gasteiger partial charge in [-0.3, -0.25) is 14.9 Å². The lowest BCUT2D eigenvalue weighted by molar-refractivity contribution is -0.387. The van der Waals surface area contributed by atoms with Crippen LogP contribution in [0.1, 0.15) is 15.9 Å². The number of fused-ring (bicyclic) bond motifs is 1. The van der Waals surface area contributed by atoms with Gasteiger partial charge in [0.25, 0.3) is 11.6 Å². The number of nitrogens with one attached hydrogen (secondary N) is 2. The molecule has 2 aromatic carbocycles. The van der Waals surface area contributed by atoms with Gasteiger partial charge in [0.15, 0.2) is 5.16 Å². The first kappa shape index (κ1) is 19.3. The predicted octanol–water partition coefficient (Wildman–Crippen LogP) is 3.78. The minimum absolute atomic E-state index is 0.0978. The van der Waals surface area contributed by atoms with E-state index in [4.69, 9.17) is 0 Å². The fraction of sp³-hybridized carbons (Fsp3) is 0. The van der Waals surface area contributed by atoms with Gasteiger partial charge in [-0.25, -0.2) is 15.4 Å². The summed E-state index contributed by atoms with van der Waals surface area (Å²) in [5, 5.41) is 16.6. The maximum Gasteiger partial charge on any atom is 0.283 e. The molecule has 4 rings (SSSR count). The van der Waals surface area contributed by atoms with E-state index in [1.807, 2.05) is 24.3 Å². The van der Waals surface area contributed by atoms with Crippen molar-refractivity contribution in [2.45, 2.75) is 10.1 Å². The Balaban J connectivity index is 1.50. The summed E-state index contributed by atoms with van der Waals surface area (Å²) in [6.45, 7) is 0. The minimum atomic E-state index is -0.479. The van der Waals surface area contributed by atoms with Crippen LogP contribution in [0, 0.1) is 10.1 Å². The molecule has 148 valence electrons. The molecule has 10 heteroatoms. The van der Waals surface area contributed by atoms with E-state index in [0.29, 0.717) is 21.2 Å². The molecule has 0 bridgehead atoms. The van der Waals surface area contributed by atoms with Crippen LogP contribution in [0.25, 0.3) is 10.9 Å². The van der Waals surface area contributed by atoms with Gasteiger partial charge in [-0.15, -0.1) is 0 Å². The number of hydrazone groups is 1. The average Bonchev–Trinajstić information content (AvgIpc) is 3.19. The second-order valence-electron chi connectivity index (χ2n) is 6.06. The Morgan fingerprint density at radius 3 is 2.77 bits per heavy atom. The van der Waals surface area contributed by atoms with E-state index in [9.17, 15) is 14.9 Å². The molecule has 30 heavy (non-hydrogen) atoms. The number of hydrogen-bond donors (Lipinski definition) is 2. The van der Waals surface area contributed by atoms with Gasteiger partial charge in [0.05, 0.1) is 21.6 Å². The lowest BCUT2D eigenvalue weighted by atomic mass is 10.2. The summed E-state index contributed by atoms with van der Waals surface area (Å²) in [5.74, 6) is -0.383. The molecule has 2 N–H and O–H groups in total. The van der Waals surface area contributed by atoms with E-state index in [2.05, 4.69) is 25.5 Å². The van der Waals surface area contributed by atoms with Crippen LogP contribution in [-0.4, -0.2) is 32.0 Å². The Kier molecular flexibility index (Phi) is 5.48. The van der Waals surface area contributed by atoms with Crippen molar-refractivity contribution in [3.05, 3.63) is 88.4 Å². The number of benzene rings is 2. The van der Waals surface area contributed by atoms with Crippen LogP contribution >= 0.6 is 11.8 Å². The largest absolute Gasteiger partial charge is 0.360 e. The molecule has 0 radical (unpaired) electrons. The van der Waals surface area contributed by atoms with Crippen LogP contribution in [0.4, 0.5) is 5.69 Å². The normalized spacial score (nSPS) is 11.1. The molecule has 9 nitrogen and oxygen atoms in total. The number of nitrogens with zero attached hydrogens (tertiary/aromatic N) is 4. The average molecular weight is 418 g/mol. The third-order valence-electron chi connectivity index (χ3n) is 4.14. The number of aromatic nitrogens is 3. The van der Waals surface area contributed by atoms with Crippen molar-refractivity contribution in [1.29, 1.82) is 0 Å². The second-order valence-corrected chi connectivity index (χ2v) is 7.07. The summed E-state index contributed by atoms with van der Waals surface area (Å²) in [4.78, 5) is 34.9. The summed E-state index contributed by atoms with van der Waals surface area (Å²) in [5.41, 5.74) is 4.12. The Morgan fingerprint density at radius 1 is 1.17 bits per heavy atom. The van der Waals surface area contributed by atoms with Crippen LogP contribution < -0.4 is 5.43 Å². The lowest BCUT2D eigenvalue weighted by Crippen LogP contribution is -2.17. The second kappa shape index (κ2) is 8.53. The number of carbonyl (C=O) groups is 1. The van der Waals surface area contributed by atoms with E-state index in [-0.39, 0.29) is 11.6 Å². The number of hydrogen-bond acceptors (Lipinski definition) is 7. The first-order valence-electron chi connectivity index (χ1n) is 8.74. The zero-order chi connectivity index (χ0) is 20.9. The number of carbonyl (C=O) groups excluding carboxylic acids is 1. The van der Waals surface area contributed by atoms with Gasteiger partial charge in [-0.05, 0) is 30.0 Å². The van der Waals surface area contributed by atoms with E-state index in [1.54, 1.807) is 36.8 Å². The SMILES string of the molecule is O=C(N/N=C\c1ccc(Sc2ncccn2)c([N+](=O)[O-])c1)c1c[nH]c2ccccc12. The van der Waals surface area contributed by atoms with Gasteiger partial charge in [0, 0.05) is 41.1 Å². The number of nitro benzene ring substituents is 1. The maximum absolute atomic E-state index is 12.4. The number of H-pyrrole nitrogens is 1. The van der Waals surface area contributed by atoms with Crippen LogP contribution in [0.2, 0.25) is 0 Å². The van der Waals surface area contributed by atoms with Crippen molar-refractivity contribution in [3.63, 3.8) is 0 Å². The molecule has 0 aliphatic heterocycles. The number of rotatable bonds is 6. The third kappa shape index (κ3) is 4.18. The maximum atomic E-state index is 12.4. The summed E-state index contributed by atoms with van der Waals surface area (Å²) in [7, 11) is 0. The van der Waals surface area contributed by atoms with Crippen LogP contribution in [-0.2, 0) is 0 Å². The molecule has 0 fully saturated rings. The van der Waals surface area contributed by atoms with Gasteiger partial charge in [0.1, 0.15) is 0 Å². The Bertz CT molecular complexity index is 1260. The molecule has 0 atom stereocenters. The summed E-state index contributed by atoms with van der Waals surface area (Å²) in [6, 6.07) is 13.7. The van der Waals surface area contributed by atoms with E-state index in [0.717, 1.165) is 22.7 Å². The van der Waals surface area contributed by atoms with Gasteiger partial charge < -0.3 is 4.98 Å². The number of para-hydroxylation sites is 1. The molecular weight excluding hydrogens is 404 g/mol. The molecule has 0 saturated carbocycles. The summed E-state index contributed by atoms with van der Waals surface area (Å²) < 4.78 is 0. The van der Waals surface area contributed by atoms with Crippen LogP contribution in [0.3, 0.4) is 0 Å². The molecule has 0 aliphatic carbocycles. The Labute approximate surface area is 174 Å². The van der Waals surface area contributed by atoms with Gasteiger partial charge >= 0.3 is 0 Å². The third-order valence-corrected chi connectivity index (χ3v) is 5.10. The first-order valence-corrected chi connectivity index (χ1v) is 9.56. The zero-order valence-electron chi connectivity index (χ0n) is 15.4. The Morgan fingerprint density at radius 2 is 1.97 bits per heavy atom. The van der Waals surface area contributed by atoms with Crippen molar-refractivity contribution >= 4 is 40.5 Å². The van der Waals surface area contributed by atoms with Gasteiger partial charge in [-0.1, -0.05) is 24.3 Å². The molecule has 2 heterocycles. The molecule has 2 aromatic heterocycles. The molecular formula is C20H14N6O3S. The van der Waals surface area contributed by atoms with Gasteiger partial charge in [0.2, 0.25) is 0 Å². The number of amides is 1. The van der Waals surface area contributed by atoms with Crippen molar-refractivity contribution in [2.75, 3.05) is 0 Å². The fourth-order valence-corrected chi connectivity index (χ4v) is 3.56. The molecule has 0 spiro atoms. The standard InChI is InChI=1S/C20H14N6O3S/c27-19(15-12-23-16-5-2-1-4-14(15)16)25-24-11-13-6-7-18(17(10-13)26(28)29)30-20-21-8-3-9-22-20/h1-12,23H,(H,25,27)/b24-11-. The molecule has 4 aromatic rings. The molecule has 0 saturated heterocycles. The number of aromatic amines is 1. The zero-order valence-corrected chi connectivity index (χ0v) is 16.2. The highest BCUT2D eigenvalue weighted by Gasteiger charge is 2.16. The summed E-state index contributed by atoms with van der Waals surface area (Å²) >= 11 is 1.10. The highest BCUT2D eigenvalue weighted by molar-refractivity contribution is 7.99. The van der Waals surface area contributed by atoms with Crippen LogP contribution in [0.15, 0.2) is 82.3 Å². The molecule has 0 unspecified atom stereocenters. The van der Waals surface area contributed by atoms with Gasteiger partial charge in [-0.2, -0.15) is 5.10 Å². The highest BCUT2D eigenvalue weighted by Crippen LogP contribution is 2.33. The fourth-order valence-electron chi connectivity index (χ4n) is 2.77. The van der Waals surface area contributed by atoms with Crippen molar-refractivity contribution < 1.29 is 9.72 Å². The number of nitro groups is 1. The minimum Gasteiger partial charge on any atom is -0.360 e. The first-order chi connectivity index (χ1) is 14.6. The predicted molar refractivity (Wildman–Crippen MR) is 113 cm³/mol. The summed E-state index contributed by atoms with van der Waals surface area (Å²) in [6.07, 6.45) is 6.10. The quantitative estimate of drug-likeness (QED) is 0.212. The Hall–Kier alpha value is -4.05. The van der Waals surface area contributed by atoms with Crippen molar-refractivity contribution in [3.8, 4) is 0 Å². The topological polar surface area (TPSA) is 126 Å². The molecule has 0 aliphatic rings. The van der Waals surface area contributed by atoms with Crippen molar-refractivity contribution in [2.24, 2.45) is 5.10 Å². The highest BCUT2D eigenvalue weighted by atomic mass is 32.2. The van der Waals surface area contributed by atoms with E-state index in [1.165, 1.54) is 12.3 Å². The monoisotopic (exact) mass is 418 g/mol. The van der Waals surface area contributed by atoms with E-state index >= 15 is 0 Å². The smallest absolute Gasteiger partial charge is 0.283 e.